The van der Waals surface area contributed by atoms with Crippen LogP contribution in [0, 0.1) is 34.5 Å². The first kappa shape index (κ1) is 19.4. The molecule has 8 atom stereocenters. The Morgan fingerprint density at radius 2 is 1.79 bits per heavy atom. The summed E-state index contributed by atoms with van der Waals surface area (Å²) in [6.45, 7) is 11.3. The Morgan fingerprint density at radius 1 is 1.00 bits per heavy atom. The molecule has 156 valence electrons. The Bertz CT molecular complexity index is 701. The van der Waals surface area contributed by atoms with Crippen LogP contribution in [0.15, 0.2) is 22.8 Å². The van der Waals surface area contributed by atoms with Gasteiger partial charge in [-0.25, -0.2) is 0 Å². The van der Waals surface area contributed by atoms with Gasteiger partial charge in [0.2, 0.25) is 0 Å². The van der Waals surface area contributed by atoms with Crippen LogP contribution in [0.4, 0.5) is 0 Å². The van der Waals surface area contributed by atoms with Crippen LogP contribution in [-0.2, 0) is 0 Å². The number of piperidine rings is 1. The van der Waals surface area contributed by atoms with E-state index in [4.69, 9.17) is 0 Å². The van der Waals surface area contributed by atoms with Crippen LogP contribution in [0.5, 0.6) is 0 Å². The largest absolute Gasteiger partial charge is 0.393 e. The molecule has 4 aliphatic carbocycles. The van der Waals surface area contributed by atoms with Crippen LogP contribution in [0.3, 0.4) is 0 Å². The Kier molecular flexibility index (Phi) is 4.64. The highest BCUT2D eigenvalue weighted by Crippen LogP contribution is 2.67. The van der Waals surface area contributed by atoms with Crippen molar-refractivity contribution in [2.75, 3.05) is 6.54 Å². The van der Waals surface area contributed by atoms with E-state index in [0.29, 0.717) is 22.8 Å². The number of rotatable bonds is 1. The number of nitrogens with one attached hydrogen (secondary N) is 1. The van der Waals surface area contributed by atoms with Crippen LogP contribution in [0.1, 0.15) is 85.5 Å². The Morgan fingerprint density at radius 3 is 2.54 bits per heavy atom. The lowest BCUT2D eigenvalue weighted by atomic mass is 9.45. The summed E-state index contributed by atoms with van der Waals surface area (Å²) in [6.07, 6.45) is 13.8. The van der Waals surface area contributed by atoms with Gasteiger partial charge >= 0.3 is 0 Å². The lowest BCUT2D eigenvalue weighted by Crippen LogP contribution is -2.53. The molecule has 0 bridgehead atoms. The van der Waals surface area contributed by atoms with E-state index in [1.54, 1.807) is 11.1 Å². The fourth-order valence-corrected chi connectivity index (χ4v) is 8.76. The smallest absolute Gasteiger partial charge is 0.0577 e. The van der Waals surface area contributed by atoms with Crippen molar-refractivity contribution in [1.29, 1.82) is 0 Å². The lowest BCUT2D eigenvalue weighted by molar-refractivity contribution is -0.0497. The number of hydrogen-bond donors (Lipinski definition) is 2. The number of fused-ring (bicyclic) bond motifs is 5. The summed E-state index contributed by atoms with van der Waals surface area (Å²) in [7, 11) is 0. The first-order valence-electron chi connectivity index (χ1n) is 12.2. The summed E-state index contributed by atoms with van der Waals surface area (Å²) in [5, 5.41) is 14.2. The predicted molar refractivity (Wildman–Crippen MR) is 116 cm³/mol. The molecule has 5 rings (SSSR count). The van der Waals surface area contributed by atoms with Gasteiger partial charge in [-0.3, -0.25) is 0 Å². The maximum Gasteiger partial charge on any atom is 0.0577 e. The molecular weight excluding hydrogens is 342 g/mol. The molecule has 2 saturated carbocycles. The SMILES string of the molecule is CC1=C(C2CCCCN2)[C@@]2(C)CC[C@H]3[C@@H]([C@@H](C)C=C4C[C@@H](O)CC[C@@]43C)[C@@H]2C1. The highest BCUT2D eigenvalue weighted by atomic mass is 16.3. The van der Waals surface area contributed by atoms with E-state index >= 15 is 0 Å². The zero-order valence-corrected chi connectivity index (χ0v) is 18.6. The summed E-state index contributed by atoms with van der Waals surface area (Å²) < 4.78 is 0. The van der Waals surface area contributed by atoms with Crippen molar-refractivity contribution in [2.45, 2.75) is 97.6 Å². The Balaban J connectivity index is 1.49. The zero-order valence-electron chi connectivity index (χ0n) is 18.6. The van der Waals surface area contributed by atoms with Crippen molar-refractivity contribution in [3.8, 4) is 0 Å². The van der Waals surface area contributed by atoms with E-state index in [0.717, 1.165) is 30.6 Å². The molecule has 1 unspecified atom stereocenters. The topological polar surface area (TPSA) is 32.3 Å². The molecule has 2 N–H and O–H groups in total. The molecular formula is C26H41NO. The molecule has 3 fully saturated rings. The summed E-state index contributed by atoms with van der Waals surface area (Å²) in [5.74, 6) is 3.12. The number of hydrogen-bond acceptors (Lipinski definition) is 2. The van der Waals surface area contributed by atoms with E-state index in [2.05, 4.69) is 39.1 Å². The fraction of sp³-hybridized carbons (Fsp3) is 0.846. The monoisotopic (exact) mass is 383 g/mol. The van der Waals surface area contributed by atoms with E-state index < -0.39 is 0 Å². The molecule has 1 aliphatic heterocycles. The maximum absolute atomic E-state index is 10.3. The van der Waals surface area contributed by atoms with Crippen LogP contribution >= 0.6 is 0 Å². The predicted octanol–water partition coefficient (Wildman–Crippen LogP) is 5.62. The van der Waals surface area contributed by atoms with Gasteiger partial charge in [0, 0.05) is 6.04 Å². The number of allylic oxidation sites excluding steroid dienone is 2. The number of aliphatic hydroxyl groups is 1. The maximum atomic E-state index is 10.3. The number of aliphatic hydroxyl groups excluding tert-OH is 1. The Labute approximate surface area is 172 Å². The third kappa shape index (κ3) is 2.66. The van der Waals surface area contributed by atoms with Crippen LogP contribution in [0.25, 0.3) is 0 Å². The van der Waals surface area contributed by atoms with Gasteiger partial charge in [-0.15, -0.1) is 0 Å². The Hall–Kier alpha value is -0.600. The lowest BCUT2D eigenvalue weighted by Gasteiger charge is -2.59. The van der Waals surface area contributed by atoms with Gasteiger partial charge < -0.3 is 10.4 Å². The first-order chi connectivity index (χ1) is 13.3. The van der Waals surface area contributed by atoms with Crippen LogP contribution in [0.2, 0.25) is 0 Å². The van der Waals surface area contributed by atoms with Crippen molar-refractivity contribution in [1.82, 2.24) is 5.32 Å². The standard InChI is InChI=1S/C26H41NO/c1-16-13-18-15-19(28)8-10-25(18,3)20-9-11-26(4)21(23(16)20)14-17(2)24(26)22-7-5-6-12-27-22/h13,16,19-23,27-28H,5-12,14-15H2,1-4H3/t16-,19-,20-,21-,22?,23+,25-,26-/m0/s1. The third-order valence-corrected chi connectivity index (χ3v) is 10.1. The molecule has 0 aromatic rings. The molecule has 0 amide bonds. The summed E-state index contributed by atoms with van der Waals surface area (Å²) in [5.41, 5.74) is 5.89. The van der Waals surface area contributed by atoms with E-state index in [1.807, 2.05) is 5.57 Å². The second-order valence-corrected chi connectivity index (χ2v) is 11.5. The van der Waals surface area contributed by atoms with Crippen molar-refractivity contribution in [2.24, 2.45) is 34.5 Å². The second kappa shape index (κ2) is 6.71. The van der Waals surface area contributed by atoms with Gasteiger partial charge in [0.05, 0.1) is 6.10 Å². The minimum Gasteiger partial charge on any atom is -0.393 e. The van der Waals surface area contributed by atoms with Gasteiger partial charge in [0.25, 0.3) is 0 Å². The average Bonchev–Trinajstić information content (AvgIpc) is 2.94. The molecule has 1 saturated heterocycles. The van der Waals surface area contributed by atoms with Crippen molar-refractivity contribution >= 4 is 0 Å². The molecule has 0 aromatic carbocycles. The molecule has 1 heterocycles. The van der Waals surface area contributed by atoms with Gasteiger partial charge in [0.15, 0.2) is 0 Å². The molecule has 5 aliphatic rings. The van der Waals surface area contributed by atoms with E-state index in [-0.39, 0.29) is 6.10 Å². The second-order valence-electron chi connectivity index (χ2n) is 11.5. The van der Waals surface area contributed by atoms with Gasteiger partial charge in [-0.2, -0.15) is 0 Å². The third-order valence-electron chi connectivity index (χ3n) is 10.1. The summed E-state index contributed by atoms with van der Waals surface area (Å²) >= 11 is 0. The highest BCUT2D eigenvalue weighted by molar-refractivity contribution is 5.37. The van der Waals surface area contributed by atoms with E-state index in [9.17, 15) is 5.11 Å². The zero-order chi connectivity index (χ0) is 19.7. The van der Waals surface area contributed by atoms with E-state index in [1.165, 1.54) is 51.5 Å². The van der Waals surface area contributed by atoms with Crippen molar-refractivity contribution < 1.29 is 5.11 Å². The molecule has 2 heteroatoms. The van der Waals surface area contributed by atoms with Crippen molar-refractivity contribution in [3.05, 3.63) is 22.8 Å². The molecule has 0 radical (unpaired) electrons. The molecule has 2 nitrogen and oxygen atoms in total. The summed E-state index contributed by atoms with van der Waals surface area (Å²) in [6, 6.07) is 0.644. The molecule has 28 heavy (non-hydrogen) atoms. The minimum absolute atomic E-state index is 0.101. The van der Waals surface area contributed by atoms with Gasteiger partial charge in [-0.05, 0) is 105 Å². The molecule has 0 aromatic heterocycles. The normalized spacial score (nSPS) is 51.2. The minimum atomic E-state index is -0.101. The fourth-order valence-electron chi connectivity index (χ4n) is 8.76. The quantitative estimate of drug-likeness (QED) is 0.576. The van der Waals surface area contributed by atoms with Crippen LogP contribution < -0.4 is 5.32 Å². The van der Waals surface area contributed by atoms with Gasteiger partial charge in [-0.1, -0.05) is 44.4 Å². The van der Waals surface area contributed by atoms with Crippen molar-refractivity contribution in [3.63, 3.8) is 0 Å². The average molecular weight is 384 g/mol. The highest BCUT2D eigenvalue weighted by Gasteiger charge is 2.59. The molecule has 0 spiro atoms. The van der Waals surface area contributed by atoms with Gasteiger partial charge in [0.1, 0.15) is 0 Å². The summed E-state index contributed by atoms with van der Waals surface area (Å²) in [4.78, 5) is 0. The van der Waals surface area contributed by atoms with Crippen LogP contribution in [-0.4, -0.2) is 23.8 Å². The first-order valence-corrected chi connectivity index (χ1v) is 12.2.